The van der Waals surface area contributed by atoms with Crippen molar-refractivity contribution in [2.24, 2.45) is 5.14 Å². The Morgan fingerprint density at radius 3 is 2.43 bits per heavy atom. The number of nitrogen functional groups attached to an aromatic ring is 1. The molecular formula is C26H29N6O2S+. The lowest BCUT2D eigenvalue weighted by atomic mass is 10.1. The molecule has 35 heavy (non-hydrogen) atoms. The first-order valence-corrected chi connectivity index (χ1v) is 13.1. The molecule has 0 aliphatic carbocycles. The van der Waals surface area contributed by atoms with Crippen molar-refractivity contribution in [2.45, 2.75) is 24.3 Å². The minimum atomic E-state index is -3.80. The highest BCUT2D eigenvalue weighted by Gasteiger charge is 2.23. The van der Waals surface area contributed by atoms with Crippen molar-refractivity contribution in [1.82, 2.24) is 19.0 Å². The number of pyridine rings is 1. The Balaban J connectivity index is 1.37. The maximum Gasteiger partial charge on any atom is 0.238 e. The van der Waals surface area contributed by atoms with E-state index in [1.54, 1.807) is 12.1 Å². The van der Waals surface area contributed by atoms with Crippen LogP contribution in [0.5, 0.6) is 0 Å². The average Bonchev–Trinajstić information content (AvgIpc) is 3.25. The number of fused-ring (bicyclic) bond motifs is 4. The highest BCUT2D eigenvalue weighted by atomic mass is 32.2. The smallest absolute Gasteiger partial charge is 0.238 e. The predicted molar refractivity (Wildman–Crippen MR) is 143 cm³/mol. The van der Waals surface area contributed by atoms with E-state index in [0.717, 1.165) is 58.9 Å². The zero-order valence-electron chi connectivity index (χ0n) is 19.8. The summed E-state index contributed by atoms with van der Waals surface area (Å²) in [5.74, 6) is 0.449. The van der Waals surface area contributed by atoms with E-state index in [2.05, 4.69) is 40.8 Å². The fraction of sp³-hybridized carbons (Fsp3) is 0.231. The summed E-state index contributed by atoms with van der Waals surface area (Å²) in [7, 11) is 0.484. The lowest BCUT2D eigenvalue weighted by Gasteiger charge is -2.30. The molecule has 5 rings (SSSR count). The molecule has 0 saturated heterocycles. The van der Waals surface area contributed by atoms with E-state index in [-0.39, 0.29) is 4.90 Å². The number of anilines is 1. The second-order valence-corrected chi connectivity index (χ2v) is 11.0. The number of hydrogen-bond donors (Lipinski definition) is 2. The van der Waals surface area contributed by atoms with Gasteiger partial charge in [0.25, 0.3) is 0 Å². The Bertz CT molecular complexity index is 1670. The number of hydrogen-bond acceptors (Lipinski definition) is 5. The van der Waals surface area contributed by atoms with Gasteiger partial charge in [-0.05, 0) is 37.1 Å². The van der Waals surface area contributed by atoms with Crippen LogP contribution in [0.3, 0.4) is 0 Å². The molecule has 0 spiro atoms. The van der Waals surface area contributed by atoms with E-state index in [1.165, 1.54) is 0 Å². The molecular weight excluding hydrogens is 460 g/mol. The molecule has 4 N–H and O–H groups in total. The number of para-hydroxylation sites is 1. The van der Waals surface area contributed by atoms with Gasteiger partial charge in [0.05, 0.1) is 42.9 Å². The van der Waals surface area contributed by atoms with Crippen LogP contribution < -0.4 is 15.4 Å². The van der Waals surface area contributed by atoms with E-state index in [4.69, 9.17) is 10.9 Å². The van der Waals surface area contributed by atoms with Gasteiger partial charge in [-0.3, -0.25) is 4.48 Å². The van der Waals surface area contributed by atoms with Crippen LogP contribution in [0, 0.1) is 0 Å². The molecule has 0 fully saturated rings. The van der Waals surface area contributed by atoms with Crippen LogP contribution in [-0.2, 0) is 16.6 Å². The first kappa shape index (κ1) is 23.2. The lowest BCUT2D eigenvalue weighted by Crippen LogP contribution is -2.41. The molecule has 2 aromatic heterocycles. The SMILES string of the molecule is C[N+](C)(CCCCn1cnc2c(N)nc3ccccc3c21)c1cccc2c(S(N)(=O)=O)cccc12. The Labute approximate surface area is 204 Å². The topological polar surface area (TPSA) is 117 Å². The van der Waals surface area contributed by atoms with Gasteiger partial charge in [0.15, 0.2) is 5.82 Å². The average molecular weight is 490 g/mol. The van der Waals surface area contributed by atoms with Crippen molar-refractivity contribution in [3.05, 3.63) is 67.0 Å². The lowest BCUT2D eigenvalue weighted by molar-refractivity contribution is 0.382. The number of nitrogens with zero attached hydrogens (tertiary/aromatic N) is 4. The van der Waals surface area contributed by atoms with Crippen molar-refractivity contribution in [3.8, 4) is 0 Å². The maximum atomic E-state index is 12.1. The van der Waals surface area contributed by atoms with Crippen LogP contribution in [0.2, 0.25) is 0 Å². The zero-order valence-corrected chi connectivity index (χ0v) is 20.7. The molecule has 180 valence electrons. The molecule has 0 bridgehead atoms. The van der Waals surface area contributed by atoms with Crippen molar-refractivity contribution < 1.29 is 8.42 Å². The maximum absolute atomic E-state index is 12.1. The van der Waals surface area contributed by atoms with Crippen molar-refractivity contribution >= 4 is 54.2 Å². The van der Waals surface area contributed by atoms with Crippen molar-refractivity contribution in [2.75, 3.05) is 26.4 Å². The summed E-state index contributed by atoms with van der Waals surface area (Å²) in [5, 5.41) is 8.06. The standard InChI is InChI=1S/C26H29N6O2S/c1-32(2,22-13-7-11-19-18(22)10-8-14-23(19)35(28,33)34)16-6-5-15-31-17-29-24-25(31)20-9-3-4-12-21(20)30-26(24)27/h3-4,7-14,17H,5-6,15-16H2,1-2H3,(H2,27,30)(H2,28,33,34)/q+1. The Morgan fingerprint density at radius 1 is 0.914 bits per heavy atom. The van der Waals surface area contributed by atoms with Crippen molar-refractivity contribution in [3.63, 3.8) is 0 Å². The Kier molecular flexibility index (Phi) is 5.71. The largest absolute Gasteiger partial charge is 0.382 e. The highest BCUT2D eigenvalue weighted by Crippen LogP contribution is 2.33. The second-order valence-electron chi connectivity index (χ2n) is 9.44. The summed E-state index contributed by atoms with van der Waals surface area (Å²) in [6.45, 7) is 1.70. The molecule has 8 nitrogen and oxygen atoms in total. The molecule has 0 atom stereocenters. The van der Waals surface area contributed by atoms with Gasteiger partial charge in [0.1, 0.15) is 11.2 Å². The monoisotopic (exact) mass is 489 g/mol. The second kappa shape index (κ2) is 8.60. The fourth-order valence-corrected chi connectivity index (χ4v) is 5.68. The number of aromatic nitrogens is 3. The van der Waals surface area contributed by atoms with Gasteiger partial charge in [0.2, 0.25) is 10.0 Å². The molecule has 0 saturated carbocycles. The van der Waals surface area contributed by atoms with Crippen LogP contribution in [-0.4, -0.2) is 43.6 Å². The normalized spacial score (nSPS) is 12.7. The summed E-state index contributed by atoms with van der Waals surface area (Å²) in [6, 6.07) is 19.0. The summed E-state index contributed by atoms with van der Waals surface area (Å²) < 4.78 is 26.9. The summed E-state index contributed by atoms with van der Waals surface area (Å²) >= 11 is 0. The number of aryl methyl sites for hydroxylation is 1. The number of imidazole rings is 1. The number of nitrogens with two attached hydrogens (primary N) is 2. The molecule has 0 aliphatic rings. The van der Waals surface area contributed by atoms with Gasteiger partial charge in [-0.15, -0.1) is 0 Å². The molecule has 2 heterocycles. The number of primary sulfonamides is 1. The first-order valence-electron chi connectivity index (χ1n) is 11.5. The summed E-state index contributed by atoms with van der Waals surface area (Å²) in [4.78, 5) is 9.15. The highest BCUT2D eigenvalue weighted by molar-refractivity contribution is 7.89. The molecule has 9 heteroatoms. The van der Waals surface area contributed by atoms with Crippen LogP contribution in [0.25, 0.3) is 32.7 Å². The number of sulfonamides is 1. The molecule has 0 amide bonds. The van der Waals surface area contributed by atoms with E-state index in [1.807, 2.05) is 42.7 Å². The fourth-order valence-electron chi connectivity index (χ4n) is 4.93. The number of unbranched alkanes of at least 4 members (excludes halogenated alkanes) is 1. The minimum absolute atomic E-state index is 0.157. The Hall–Kier alpha value is -3.53. The van der Waals surface area contributed by atoms with Gasteiger partial charge in [-0.1, -0.05) is 36.4 Å². The van der Waals surface area contributed by atoms with E-state index >= 15 is 0 Å². The number of benzene rings is 3. The van der Waals surface area contributed by atoms with Gasteiger partial charge in [-0.2, -0.15) is 0 Å². The quantitative estimate of drug-likeness (QED) is 0.265. The van der Waals surface area contributed by atoms with Crippen LogP contribution in [0.15, 0.2) is 71.9 Å². The zero-order chi connectivity index (χ0) is 24.8. The van der Waals surface area contributed by atoms with E-state index < -0.39 is 10.0 Å². The molecule has 0 radical (unpaired) electrons. The third-order valence-electron chi connectivity index (χ3n) is 6.66. The predicted octanol–water partition coefficient (Wildman–Crippen LogP) is 4.01. The van der Waals surface area contributed by atoms with Crippen LogP contribution in [0.1, 0.15) is 12.8 Å². The first-order chi connectivity index (χ1) is 16.7. The molecule has 3 aromatic carbocycles. The van der Waals surface area contributed by atoms with Gasteiger partial charge < -0.3 is 10.3 Å². The van der Waals surface area contributed by atoms with Gasteiger partial charge in [0, 0.05) is 22.7 Å². The molecule has 0 unspecified atom stereocenters. The van der Waals surface area contributed by atoms with Gasteiger partial charge >= 0.3 is 0 Å². The number of quaternary nitrogens is 1. The third kappa shape index (κ3) is 4.22. The van der Waals surface area contributed by atoms with Crippen molar-refractivity contribution in [1.29, 1.82) is 0 Å². The molecule has 0 aliphatic heterocycles. The van der Waals surface area contributed by atoms with E-state index in [9.17, 15) is 8.42 Å². The Morgan fingerprint density at radius 2 is 1.63 bits per heavy atom. The summed E-state index contributed by atoms with van der Waals surface area (Å²) in [6.07, 6.45) is 3.77. The third-order valence-corrected chi connectivity index (χ3v) is 7.63. The van der Waals surface area contributed by atoms with Crippen LogP contribution in [0.4, 0.5) is 11.5 Å². The van der Waals surface area contributed by atoms with E-state index in [0.29, 0.717) is 15.7 Å². The van der Waals surface area contributed by atoms with Gasteiger partial charge in [-0.25, -0.2) is 23.5 Å². The molecule has 5 aromatic rings. The summed E-state index contributed by atoms with van der Waals surface area (Å²) in [5.41, 5.74) is 9.85. The minimum Gasteiger partial charge on any atom is -0.382 e. The number of rotatable bonds is 7. The van der Waals surface area contributed by atoms with Crippen LogP contribution >= 0.6 is 0 Å².